The number of carbonyl (C=O) groups excluding carboxylic acids is 1. The van der Waals surface area contributed by atoms with E-state index in [0.29, 0.717) is 23.0 Å². The molecule has 0 saturated heterocycles. The van der Waals surface area contributed by atoms with Crippen molar-refractivity contribution < 1.29 is 9.18 Å². The van der Waals surface area contributed by atoms with Crippen LogP contribution in [0.4, 0.5) is 4.39 Å². The number of rotatable bonds is 3. The molecule has 1 saturated carbocycles. The molecule has 0 bridgehead atoms. The molecule has 1 aliphatic carbocycles. The van der Waals surface area contributed by atoms with Crippen molar-refractivity contribution in [2.24, 2.45) is 11.8 Å². The number of hydrazine groups is 1. The zero-order valence-electron chi connectivity index (χ0n) is 13.9. The van der Waals surface area contributed by atoms with Crippen LogP contribution in [0.1, 0.15) is 38.7 Å². The molecule has 1 aliphatic rings. The smallest absolute Gasteiger partial charge is 0.242 e. The van der Waals surface area contributed by atoms with Gasteiger partial charge in [0.25, 0.3) is 0 Å². The van der Waals surface area contributed by atoms with Crippen molar-refractivity contribution in [1.29, 1.82) is 0 Å². The Morgan fingerprint density at radius 3 is 2.79 bits per heavy atom. The van der Waals surface area contributed by atoms with Gasteiger partial charge in [0.15, 0.2) is 5.11 Å². The average Bonchev–Trinajstić information content (AvgIpc) is 2.53. The first-order valence-electron chi connectivity index (χ1n) is 8.16. The first-order valence-corrected chi connectivity index (χ1v) is 8.95. The van der Waals surface area contributed by atoms with Crippen molar-refractivity contribution in [3.8, 4) is 0 Å². The number of amides is 1. The molecule has 1 fully saturated rings. The van der Waals surface area contributed by atoms with Crippen LogP contribution < -0.4 is 16.2 Å². The van der Waals surface area contributed by atoms with Crippen molar-refractivity contribution >= 4 is 34.8 Å². The van der Waals surface area contributed by atoms with Gasteiger partial charge in [-0.05, 0) is 42.6 Å². The van der Waals surface area contributed by atoms with E-state index in [0.717, 1.165) is 6.42 Å². The summed E-state index contributed by atoms with van der Waals surface area (Å²) in [4.78, 5) is 11.9. The average molecular weight is 372 g/mol. The second-order valence-electron chi connectivity index (χ2n) is 6.40. The van der Waals surface area contributed by atoms with Gasteiger partial charge >= 0.3 is 0 Å². The predicted octanol–water partition coefficient (Wildman–Crippen LogP) is 3.34. The van der Waals surface area contributed by atoms with Crippen LogP contribution in [0.5, 0.6) is 0 Å². The van der Waals surface area contributed by atoms with Crippen LogP contribution in [-0.2, 0) is 11.2 Å². The van der Waals surface area contributed by atoms with E-state index in [2.05, 4.69) is 30.0 Å². The lowest BCUT2D eigenvalue weighted by Gasteiger charge is -2.35. The molecular weight excluding hydrogens is 349 g/mol. The largest absolute Gasteiger partial charge is 0.358 e. The van der Waals surface area contributed by atoms with Gasteiger partial charge in [0, 0.05) is 16.6 Å². The maximum absolute atomic E-state index is 13.7. The van der Waals surface area contributed by atoms with Gasteiger partial charge in [-0.25, -0.2) is 4.39 Å². The third kappa shape index (κ3) is 5.05. The Labute approximate surface area is 152 Å². The molecule has 0 spiro atoms. The van der Waals surface area contributed by atoms with Crippen LogP contribution in [0.15, 0.2) is 18.2 Å². The fourth-order valence-corrected chi connectivity index (χ4v) is 3.45. The zero-order chi connectivity index (χ0) is 17.7. The lowest BCUT2D eigenvalue weighted by Crippen LogP contribution is -2.52. The molecule has 3 atom stereocenters. The minimum atomic E-state index is -0.497. The predicted molar refractivity (Wildman–Crippen MR) is 98.1 cm³/mol. The molecule has 0 aliphatic heterocycles. The van der Waals surface area contributed by atoms with Gasteiger partial charge in [-0.2, -0.15) is 0 Å². The number of nitrogens with one attached hydrogen (secondary N) is 3. The normalized spacial score (nSPS) is 23.4. The molecule has 0 aromatic heterocycles. The van der Waals surface area contributed by atoms with Crippen LogP contribution in [0.3, 0.4) is 0 Å². The number of carbonyl (C=O) groups is 1. The van der Waals surface area contributed by atoms with E-state index >= 15 is 0 Å². The third-order valence-electron chi connectivity index (χ3n) is 4.74. The molecule has 4 nitrogen and oxygen atoms in total. The summed E-state index contributed by atoms with van der Waals surface area (Å²) in [5.74, 6) is 0.267. The van der Waals surface area contributed by atoms with Crippen LogP contribution in [0.25, 0.3) is 0 Å². The maximum Gasteiger partial charge on any atom is 0.242 e. The molecule has 1 aromatic carbocycles. The maximum atomic E-state index is 13.7. The van der Waals surface area contributed by atoms with Gasteiger partial charge < -0.3 is 5.32 Å². The highest BCUT2D eigenvalue weighted by Crippen LogP contribution is 2.29. The summed E-state index contributed by atoms with van der Waals surface area (Å²) in [7, 11) is 0. The van der Waals surface area contributed by atoms with Crippen molar-refractivity contribution in [3.63, 3.8) is 0 Å². The third-order valence-corrected chi connectivity index (χ3v) is 5.31. The van der Waals surface area contributed by atoms with E-state index in [-0.39, 0.29) is 17.0 Å². The number of hydrogen-bond acceptors (Lipinski definition) is 2. The Kier molecular flexibility index (Phi) is 6.80. The van der Waals surface area contributed by atoms with Crippen LogP contribution in [0.2, 0.25) is 5.02 Å². The lowest BCUT2D eigenvalue weighted by atomic mass is 9.78. The molecular formula is C17H23ClFN3OS. The highest BCUT2D eigenvalue weighted by atomic mass is 35.5. The van der Waals surface area contributed by atoms with E-state index in [1.54, 1.807) is 6.07 Å². The number of thiocarbonyl (C=S) groups is 1. The fraction of sp³-hybridized carbons (Fsp3) is 0.529. The summed E-state index contributed by atoms with van der Waals surface area (Å²) in [6.07, 6.45) is 3.31. The summed E-state index contributed by atoms with van der Waals surface area (Å²) < 4.78 is 13.7. The first-order chi connectivity index (χ1) is 11.4. The van der Waals surface area contributed by atoms with Gasteiger partial charge in [0.05, 0.1) is 6.42 Å². The van der Waals surface area contributed by atoms with Gasteiger partial charge in [-0.1, -0.05) is 44.4 Å². The van der Waals surface area contributed by atoms with Gasteiger partial charge in [-0.15, -0.1) is 0 Å². The highest BCUT2D eigenvalue weighted by molar-refractivity contribution is 7.80. The molecule has 24 heavy (non-hydrogen) atoms. The summed E-state index contributed by atoms with van der Waals surface area (Å²) in [6, 6.07) is 4.63. The summed E-state index contributed by atoms with van der Waals surface area (Å²) in [5, 5.41) is 3.85. The zero-order valence-corrected chi connectivity index (χ0v) is 15.4. The molecule has 0 unspecified atom stereocenters. The Balaban J connectivity index is 1.80. The second kappa shape index (κ2) is 8.62. The molecule has 1 amide bonds. The quantitative estimate of drug-likeness (QED) is 0.563. The molecule has 1 aromatic rings. The number of hydrogen-bond donors (Lipinski definition) is 3. The number of benzene rings is 1. The highest BCUT2D eigenvalue weighted by Gasteiger charge is 2.27. The van der Waals surface area contributed by atoms with Crippen molar-refractivity contribution in [2.45, 2.75) is 45.6 Å². The second-order valence-corrected chi connectivity index (χ2v) is 7.21. The van der Waals surface area contributed by atoms with E-state index in [1.807, 2.05) is 0 Å². The van der Waals surface area contributed by atoms with E-state index in [1.165, 1.54) is 25.0 Å². The topological polar surface area (TPSA) is 53.2 Å². The molecule has 0 heterocycles. The first kappa shape index (κ1) is 18.9. The summed E-state index contributed by atoms with van der Waals surface area (Å²) in [6.45, 7) is 4.46. The van der Waals surface area contributed by atoms with Crippen molar-refractivity contribution in [2.75, 3.05) is 0 Å². The fourth-order valence-electron chi connectivity index (χ4n) is 3.02. The Morgan fingerprint density at radius 2 is 2.08 bits per heavy atom. The van der Waals surface area contributed by atoms with E-state index in [9.17, 15) is 9.18 Å². The van der Waals surface area contributed by atoms with Gasteiger partial charge in [0.2, 0.25) is 5.91 Å². The summed E-state index contributed by atoms with van der Waals surface area (Å²) in [5.41, 5.74) is 5.34. The van der Waals surface area contributed by atoms with Crippen LogP contribution in [-0.4, -0.2) is 17.1 Å². The Hall–Kier alpha value is -1.40. The molecule has 2 rings (SSSR count). The lowest BCUT2D eigenvalue weighted by molar-refractivity contribution is -0.121. The Bertz CT molecular complexity index is 593. The van der Waals surface area contributed by atoms with Gasteiger partial charge in [-0.3, -0.25) is 15.6 Å². The standard InChI is InChI=1S/C17H23ClFN3OS/c1-10-5-3-8-15(11(10)2)20-17(24)22-21-16(23)9-12-13(18)6-4-7-14(12)19/h4,6-7,10-11,15H,3,5,8-9H2,1-2H3,(H,21,23)(H2,20,22,24)/t10-,11-,15-/m1/s1. The monoisotopic (exact) mass is 371 g/mol. The molecule has 132 valence electrons. The van der Waals surface area contributed by atoms with Crippen molar-refractivity contribution in [3.05, 3.63) is 34.6 Å². The van der Waals surface area contributed by atoms with Gasteiger partial charge in [0.1, 0.15) is 5.82 Å². The SMILES string of the molecule is C[C@@H]1[C@H](C)CCC[C@H]1NC(=S)NNC(=O)Cc1c(F)cccc1Cl. The number of halogens is 2. The van der Waals surface area contributed by atoms with E-state index in [4.69, 9.17) is 23.8 Å². The van der Waals surface area contributed by atoms with Crippen LogP contribution in [0, 0.1) is 17.7 Å². The van der Waals surface area contributed by atoms with Crippen molar-refractivity contribution in [1.82, 2.24) is 16.2 Å². The minimum absolute atomic E-state index is 0.155. The van der Waals surface area contributed by atoms with E-state index < -0.39 is 11.7 Å². The summed E-state index contributed by atoms with van der Waals surface area (Å²) >= 11 is 11.1. The molecule has 7 heteroatoms. The van der Waals surface area contributed by atoms with Crippen LogP contribution >= 0.6 is 23.8 Å². The molecule has 0 radical (unpaired) electrons. The Morgan fingerprint density at radius 1 is 1.33 bits per heavy atom. The molecule has 3 N–H and O–H groups in total. The minimum Gasteiger partial charge on any atom is -0.358 e.